The van der Waals surface area contributed by atoms with Crippen molar-refractivity contribution in [1.82, 2.24) is 20.2 Å². The molecule has 0 aliphatic carbocycles. The number of aromatic nitrogens is 4. The molecular weight excluding hydrogens is 155 g/mol. The van der Waals surface area contributed by atoms with Gasteiger partial charge in [-0.05, 0) is 0 Å². The molecule has 0 unspecified atom stereocenters. The zero-order valence-electron chi connectivity index (χ0n) is 5.50. The van der Waals surface area contributed by atoms with Crippen LogP contribution in [0.4, 0.5) is 0 Å². The average molecular weight is 158 g/mol. The minimum atomic E-state index is 0. The molecule has 2 aromatic heterocycles. The van der Waals surface area contributed by atoms with E-state index in [4.69, 9.17) is 0 Å². The first kappa shape index (κ1) is 8.28. The van der Waals surface area contributed by atoms with Crippen LogP contribution in [0.15, 0.2) is 12.4 Å². The summed E-state index contributed by atoms with van der Waals surface area (Å²) >= 11 is 0. The molecule has 0 saturated heterocycles. The fraction of sp³-hybridized carbons (Fsp3) is 0. The summed E-state index contributed by atoms with van der Waals surface area (Å²) in [6.45, 7) is 0. The maximum Gasteiger partial charge on any atom is 1.00 e. The summed E-state index contributed by atoms with van der Waals surface area (Å²) in [5.41, 5.74) is 0.727. The molecule has 0 amide bonds. The average Bonchev–Trinajstić information content (AvgIpc) is 2.33. The maximum absolute atomic E-state index is 3.79. The number of fused-ring (bicyclic) bond motifs is 1. The molecule has 2 heterocycles. The Hall–Kier alpha value is 0.186. The summed E-state index contributed by atoms with van der Waals surface area (Å²) in [6.07, 6.45) is 5.78. The zero-order valence-corrected chi connectivity index (χ0v) is 8.62. The van der Waals surface area contributed by atoms with E-state index < -0.39 is 0 Å². The summed E-state index contributed by atoms with van der Waals surface area (Å²) in [5.74, 6) is 0. The second-order valence-electron chi connectivity index (χ2n) is 1.64. The van der Waals surface area contributed by atoms with E-state index in [2.05, 4.69) is 26.5 Å². The maximum atomic E-state index is 3.79. The van der Waals surface area contributed by atoms with Crippen LogP contribution in [-0.2, 0) is 0 Å². The fourth-order valence-corrected chi connectivity index (χ4v) is 0.650. The van der Waals surface area contributed by atoms with Crippen molar-refractivity contribution in [3.8, 4) is 0 Å². The van der Waals surface area contributed by atoms with Gasteiger partial charge in [-0.25, -0.2) is 0 Å². The van der Waals surface area contributed by atoms with Crippen molar-refractivity contribution in [3.05, 3.63) is 18.7 Å². The van der Waals surface area contributed by atoms with Crippen LogP contribution in [0.2, 0.25) is 0 Å². The Balaban J connectivity index is 0.000000500. The van der Waals surface area contributed by atoms with Crippen molar-refractivity contribution in [2.75, 3.05) is 0 Å². The van der Waals surface area contributed by atoms with Crippen LogP contribution in [0, 0.1) is 6.33 Å². The van der Waals surface area contributed by atoms with Crippen molar-refractivity contribution < 1.29 is 51.4 Å². The molecule has 1 N–H and O–H groups in total. The van der Waals surface area contributed by atoms with Crippen molar-refractivity contribution in [2.24, 2.45) is 0 Å². The van der Waals surface area contributed by atoms with E-state index in [1.165, 1.54) is 0 Å². The van der Waals surface area contributed by atoms with E-state index in [0.717, 1.165) is 11.0 Å². The van der Waals surface area contributed by atoms with Crippen molar-refractivity contribution in [3.63, 3.8) is 0 Å². The fourth-order valence-electron chi connectivity index (χ4n) is 0.650. The smallest absolute Gasteiger partial charge is 0.373 e. The van der Waals surface area contributed by atoms with Crippen molar-refractivity contribution in [1.29, 1.82) is 0 Å². The number of hydrogen-bond acceptors (Lipinski definition) is 3. The molecule has 2 aromatic rings. The van der Waals surface area contributed by atoms with E-state index in [-0.39, 0.29) is 51.4 Å². The van der Waals surface area contributed by atoms with Gasteiger partial charge in [-0.1, -0.05) is 11.6 Å². The molecule has 0 aliphatic rings. The second kappa shape index (κ2) is 3.54. The van der Waals surface area contributed by atoms with Gasteiger partial charge in [0.2, 0.25) is 0 Å². The first-order valence-corrected chi connectivity index (χ1v) is 2.49. The zero-order chi connectivity index (χ0) is 6.10. The molecule has 0 spiro atoms. The molecule has 5 heteroatoms. The minimum absolute atomic E-state index is 0. The number of H-pyrrole nitrogens is 1. The van der Waals surface area contributed by atoms with Crippen LogP contribution in [0.5, 0.6) is 0 Å². The third-order valence-corrected chi connectivity index (χ3v) is 1.07. The summed E-state index contributed by atoms with van der Waals surface area (Å²) in [5, 5.41) is 7.35. The second-order valence-corrected chi connectivity index (χ2v) is 1.64. The topological polar surface area (TPSA) is 54.5 Å². The van der Waals surface area contributed by atoms with Crippen LogP contribution in [0.3, 0.4) is 0 Å². The molecule has 2 rings (SSSR count). The monoisotopic (exact) mass is 158 g/mol. The van der Waals surface area contributed by atoms with Crippen LogP contribution in [0.25, 0.3) is 11.0 Å². The largest absolute Gasteiger partial charge is 1.00 e. The van der Waals surface area contributed by atoms with Gasteiger partial charge in [0.15, 0.2) is 0 Å². The molecule has 0 aliphatic heterocycles. The van der Waals surface area contributed by atoms with Gasteiger partial charge in [-0.2, -0.15) is 5.10 Å². The van der Waals surface area contributed by atoms with Gasteiger partial charge in [0.1, 0.15) is 0 Å². The van der Waals surface area contributed by atoms with Gasteiger partial charge >= 0.3 is 51.4 Å². The van der Waals surface area contributed by atoms with Crippen molar-refractivity contribution in [2.45, 2.75) is 0 Å². The molecule has 4 nitrogen and oxygen atoms in total. The predicted molar refractivity (Wildman–Crippen MR) is 30.5 cm³/mol. The Morgan fingerprint density at radius 2 is 2.30 bits per heavy atom. The molecule has 44 valence electrons. The number of nitrogens with one attached hydrogen (secondary N) is 1. The van der Waals surface area contributed by atoms with E-state index in [1.807, 2.05) is 0 Å². The first-order chi connectivity index (χ1) is 4.47. The normalized spacial score (nSPS) is 9.20. The Bertz CT molecular complexity index is 288. The predicted octanol–water partition coefficient (Wildman–Crippen LogP) is -2.84. The molecule has 0 bridgehead atoms. The first-order valence-electron chi connectivity index (χ1n) is 2.49. The molecule has 10 heavy (non-hydrogen) atoms. The van der Waals surface area contributed by atoms with Gasteiger partial charge in [0.05, 0.1) is 0 Å². The third-order valence-electron chi connectivity index (χ3n) is 1.07. The molecule has 0 atom stereocenters. The Kier molecular flexibility index (Phi) is 2.93. The summed E-state index contributed by atoms with van der Waals surface area (Å²) in [7, 11) is 0. The molecule has 0 saturated carbocycles. The third kappa shape index (κ3) is 1.43. The van der Waals surface area contributed by atoms with E-state index in [1.54, 1.807) is 12.4 Å². The standard InChI is InChI=1S/C5H3N4.K/c1-4-2-8-9-5(4)7-3-6-1;/h1-2H,(H,6,7,8,9);/q-1;+1. The van der Waals surface area contributed by atoms with Crippen LogP contribution >= 0.6 is 0 Å². The van der Waals surface area contributed by atoms with E-state index in [0.29, 0.717) is 0 Å². The van der Waals surface area contributed by atoms with Gasteiger partial charge in [0.25, 0.3) is 0 Å². The number of nitrogens with zero attached hydrogens (tertiary/aromatic N) is 3. The quantitative estimate of drug-likeness (QED) is 0.332. The Morgan fingerprint density at radius 3 is 3.10 bits per heavy atom. The number of aromatic amines is 1. The summed E-state index contributed by atoms with van der Waals surface area (Å²) < 4.78 is 0. The summed E-state index contributed by atoms with van der Waals surface area (Å²) in [6, 6.07) is 0. The van der Waals surface area contributed by atoms with Crippen LogP contribution < -0.4 is 51.4 Å². The van der Waals surface area contributed by atoms with E-state index >= 15 is 0 Å². The molecule has 0 fully saturated rings. The molecular formula is C5H3KN4. The number of rotatable bonds is 0. The van der Waals surface area contributed by atoms with Gasteiger partial charge in [0, 0.05) is 18.2 Å². The summed E-state index contributed by atoms with van der Waals surface area (Å²) in [4.78, 5) is 7.48. The SMILES string of the molecule is [K+].[c-]1ncc2cn[nH]c2n1. The Labute approximate surface area is 99.9 Å². The van der Waals surface area contributed by atoms with E-state index in [9.17, 15) is 0 Å². The van der Waals surface area contributed by atoms with Gasteiger partial charge in [-0.3, -0.25) is 0 Å². The van der Waals surface area contributed by atoms with Gasteiger partial charge < -0.3 is 15.1 Å². The van der Waals surface area contributed by atoms with Crippen LogP contribution in [-0.4, -0.2) is 20.2 Å². The Morgan fingerprint density at radius 1 is 1.40 bits per heavy atom. The van der Waals surface area contributed by atoms with Gasteiger partial charge in [-0.15, -0.1) is 0 Å². The molecule has 0 radical (unpaired) electrons. The number of hydrogen-bond donors (Lipinski definition) is 1. The molecule has 0 aromatic carbocycles. The minimum Gasteiger partial charge on any atom is -0.373 e. The van der Waals surface area contributed by atoms with Crippen molar-refractivity contribution >= 4 is 11.0 Å². The van der Waals surface area contributed by atoms with Crippen LogP contribution in [0.1, 0.15) is 0 Å².